The van der Waals surface area contributed by atoms with E-state index in [9.17, 15) is 15.0 Å². The molecule has 0 spiro atoms. The average molecular weight is 425 g/mol. The fourth-order valence-electron chi connectivity index (χ4n) is 3.11. The van der Waals surface area contributed by atoms with Crippen LogP contribution in [0.1, 0.15) is 27.6 Å². The van der Waals surface area contributed by atoms with Gasteiger partial charge in [-0.05, 0) is 53.9 Å². The van der Waals surface area contributed by atoms with E-state index in [-0.39, 0.29) is 18.6 Å². The van der Waals surface area contributed by atoms with Crippen LogP contribution in [0.5, 0.6) is 0 Å². The predicted molar refractivity (Wildman–Crippen MR) is 120 cm³/mol. The van der Waals surface area contributed by atoms with E-state index in [4.69, 9.17) is 11.6 Å². The second kappa shape index (κ2) is 10.9. The molecule has 4 N–H and O–H groups in total. The van der Waals surface area contributed by atoms with Gasteiger partial charge in [-0.3, -0.25) is 4.79 Å². The standard InChI is InChI=1S/C24H25ClN2O3/c25-20-8-4-7-19(14-20)23(29)15-26-22(16-28)13-17-9-11-21(12-10-17)27-24(30)18-5-2-1-3-6-18/h1-12,14,22-23,26,28-29H,13,15-16H2,(H,27,30)/t22-,23+/m0/s1. The summed E-state index contributed by atoms with van der Waals surface area (Å²) in [6.07, 6.45) is -0.126. The summed E-state index contributed by atoms with van der Waals surface area (Å²) in [5.74, 6) is -0.159. The van der Waals surface area contributed by atoms with Gasteiger partial charge in [0.15, 0.2) is 0 Å². The third kappa shape index (κ3) is 6.40. The van der Waals surface area contributed by atoms with E-state index in [2.05, 4.69) is 10.6 Å². The lowest BCUT2D eigenvalue weighted by Gasteiger charge is -2.19. The van der Waals surface area contributed by atoms with Crippen molar-refractivity contribution in [2.24, 2.45) is 0 Å². The number of benzene rings is 3. The fraction of sp³-hybridized carbons (Fsp3) is 0.208. The molecule has 156 valence electrons. The third-order valence-electron chi connectivity index (χ3n) is 4.78. The molecule has 3 aromatic carbocycles. The summed E-state index contributed by atoms with van der Waals surface area (Å²) in [5, 5.41) is 26.7. The third-order valence-corrected chi connectivity index (χ3v) is 5.02. The molecule has 0 bridgehead atoms. The number of hydrogen-bond acceptors (Lipinski definition) is 4. The van der Waals surface area contributed by atoms with Gasteiger partial charge in [0.05, 0.1) is 12.7 Å². The normalized spacial score (nSPS) is 12.9. The lowest BCUT2D eigenvalue weighted by atomic mass is 10.0. The van der Waals surface area contributed by atoms with Crippen molar-refractivity contribution in [3.05, 3.63) is 101 Å². The Morgan fingerprint density at radius 2 is 1.70 bits per heavy atom. The number of carbonyl (C=O) groups is 1. The molecule has 3 rings (SSSR count). The maximum atomic E-state index is 12.2. The van der Waals surface area contributed by atoms with Crippen LogP contribution in [0.15, 0.2) is 78.9 Å². The first-order valence-electron chi connectivity index (χ1n) is 9.78. The molecule has 0 heterocycles. The number of aliphatic hydroxyl groups is 2. The maximum Gasteiger partial charge on any atom is 0.255 e. The molecule has 0 radical (unpaired) electrons. The zero-order chi connectivity index (χ0) is 21.3. The number of halogens is 1. The second-order valence-electron chi connectivity index (χ2n) is 7.08. The molecule has 0 aliphatic heterocycles. The number of carbonyl (C=O) groups excluding carboxylic acids is 1. The highest BCUT2D eigenvalue weighted by Gasteiger charge is 2.13. The number of hydrogen-bond donors (Lipinski definition) is 4. The van der Waals surface area contributed by atoms with E-state index in [0.717, 1.165) is 11.1 Å². The lowest BCUT2D eigenvalue weighted by Crippen LogP contribution is -2.37. The van der Waals surface area contributed by atoms with Gasteiger partial charge in [0.1, 0.15) is 0 Å². The first-order valence-corrected chi connectivity index (χ1v) is 10.2. The quantitative estimate of drug-likeness (QED) is 0.421. The second-order valence-corrected chi connectivity index (χ2v) is 7.52. The highest BCUT2D eigenvalue weighted by molar-refractivity contribution is 6.30. The smallest absolute Gasteiger partial charge is 0.255 e. The van der Waals surface area contributed by atoms with Crippen molar-refractivity contribution in [2.75, 3.05) is 18.5 Å². The van der Waals surface area contributed by atoms with Gasteiger partial charge < -0.3 is 20.8 Å². The molecule has 2 atom stereocenters. The Hall–Kier alpha value is -2.70. The van der Waals surface area contributed by atoms with Crippen LogP contribution in [-0.2, 0) is 6.42 Å². The van der Waals surface area contributed by atoms with Crippen LogP contribution in [0.4, 0.5) is 5.69 Å². The Bertz CT molecular complexity index is 948. The summed E-state index contributed by atoms with van der Waals surface area (Å²) < 4.78 is 0. The summed E-state index contributed by atoms with van der Waals surface area (Å²) in [6.45, 7) is 0.242. The Morgan fingerprint density at radius 1 is 0.967 bits per heavy atom. The average Bonchev–Trinajstić information content (AvgIpc) is 2.78. The molecule has 0 saturated carbocycles. The Labute approximate surface area is 181 Å². The molecule has 0 unspecified atom stereocenters. The van der Waals surface area contributed by atoms with Gasteiger partial charge in [-0.25, -0.2) is 0 Å². The van der Waals surface area contributed by atoms with E-state index in [1.165, 1.54) is 0 Å². The highest BCUT2D eigenvalue weighted by Crippen LogP contribution is 2.18. The molecule has 30 heavy (non-hydrogen) atoms. The molecule has 0 aromatic heterocycles. The van der Waals surface area contributed by atoms with Crippen molar-refractivity contribution in [1.29, 1.82) is 0 Å². The minimum absolute atomic E-state index is 0.0608. The monoisotopic (exact) mass is 424 g/mol. The van der Waals surface area contributed by atoms with E-state index < -0.39 is 6.10 Å². The van der Waals surface area contributed by atoms with Crippen molar-refractivity contribution in [3.8, 4) is 0 Å². The molecule has 0 aliphatic carbocycles. The van der Waals surface area contributed by atoms with Gasteiger partial charge in [-0.1, -0.05) is 54.1 Å². The lowest BCUT2D eigenvalue weighted by molar-refractivity contribution is 0.102. The van der Waals surface area contributed by atoms with E-state index in [1.54, 1.807) is 30.3 Å². The molecule has 0 fully saturated rings. The molecule has 3 aromatic rings. The molecule has 1 amide bonds. The number of aliphatic hydroxyl groups excluding tert-OH is 2. The van der Waals surface area contributed by atoms with Gasteiger partial charge in [-0.2, -0.15) is 0 Å². The van der Waals surface area contributed by atoms with Crippen molar-refractivity contribution < 1.29 is 15.0 Å². The molecule has 5 nitrogen and oxygen atoms in total. The van der Waals surface area contributed by atoms with Gasteiger partial charge in [0.25, 0.3) is 5.91 Å². The summed E-state index contributed by atoms with van der Waals surface area (Å²) >= 11 is 5.97. The van der Waals surface area contributed by atoms with Crippen LogP contribution in [-0.4, -0.2) is 35.3 Å². The largest absolute Gasteiger partial charge is 0.395 e. The van der Waals surface area contributed by atoms with Crippen LogP contribution < -0.4 is 10.6 Å². The molecular formula is C24H25ClN2O3. The Balaban J connectivity index is 1.52. The van der Waals surface area contributed by atoms with Crippen molar-refractivity contribution in [2.45, 2.75) is 18.6 Å². The first-order chi connectivity index (χ1) is 14.5. The van der Waals surface area contributed by atoms with Gasteiger partial charge in [-0.15, -0.1) is 0 Å². The van der Waals surface area contributed by atoms with Crippen LogP contribution in [0.2, 0.25) is 5.02 Å². The van der Waals surface area contributed by atoms with Crippen molar-refractivity contribution >= 4 is 23.2 Å². The van der Waals surface area contributed by atoms with Gasteiger partial charge >= 0.3 is 0 Å². The van der Waals surface area contributed by atoms with Gasteiger partial charge in [0.2, 0.25) is 0 Å². The van der Waals surface area contributed by atoms with Crippen LogP contribution in [0, 0.1) is 0 Å². The summed E-state index contributed by atoms with van der Waals surface area (Å²) in [7, 11) is 0. The van der Waals surface area contributed by atoms with E-state index >= 15 is 0 Å². The maximum absolute atomic E-state index is 12.2. The number of anilines is 1. The van der Waals surface area contributed by atoms with Crippen LogP contribution >= 0.6 is 11.6 Å². The summed E-state index contributed by atoms with van der Waals surface area (Å²) in [5.41, 5.74) is 3.04. The van der Waals surface area contributed by atoms with Crippen LogP contribution in [0.25, 0.3) is 0 Å². The Morgan fingerprint density at radius 3 is 2.37 bits per heavy atom. The van der Waals surface area contributed by atoms with Crippen LogP contribution in [0.3, 0.4) is 0 Å². The minimum atomic E-state index is -0.715. The number of nitrogens with one attached hydrogen (secondary N) is 2. The summed E-state index contributed by atoms with van der Waals surface area (Å²) in [4.78, 5) is 12.2. The predicted octanol–water partition coefficient (Wildman–Crippen LogP) is 3.82. The SMILES string of the molecule is O=C(Nc1ccc(C[C@@H](CO)NC[C@@H](O)c2cccc(Cl)c2)cc1)c1ccccc1. The number of amides is 1. The molecule has 0 saturated heterocycles. The molecule has 0 aliphatic rings. The minimum Gasteiger partial charge on any atom is -0.395 e. The topological polar surface area (TPSA) is 81.6 Å². The first kappa shape index (κ1) is 22.0. The zero-order valence-electron chi connectivity index (χ0n) is 16.5. The van der Waals surface area contributed by atoms with E-state index in [1.807, 2.05) is 48.5 Å². The Kier molecular flexibility index (Phi) is 7.99. The van der Waals surface area contributed by atoms with E-state index in [0.29, 0.717) is 29.2 Å². The fourth-order valence-corrected chi connectivity index (χ4v) is 3.31. The highest BCUT2D eigenvalue weighted by atomic mass is 35.5. The van der Waals surface area contributed by atoms with Crippen molar-refractivity contribution in [1.82, 2.24) is 5.32 Å². The molecular weight excluding hydrogens is 400 g/mol. The van der Waals surface area contributed by atoms with Gasteiger partial charge in [0, 0.05) is 28.9 Å². The molecule has 6 heteroatoms. The number of rotatable bonds is 9. The zero-order valence-corrected chi connectivity index (χ0v) is 17.2. The summed E-state index contributed by atoms with van der Waals surface area (Å²) in [6, 6.07) is 23.4. The van der Waals surface area contributed by atoms with Crippen molar-refractivity contribution in [3.63, 3.8) is 0 Å².